The Morgan fingerprint density at radius 3 is 2.64 bits per heavy atom. The molecule has 0 bridgehead atoms. The van der Waals surface area contributed by atoms with Gasteiger partial charge >= 0.3 is 0 Å². The third-order valence-corrected chi connectivity index (χ3v) is 5.17. The van der Waals surface area contributed by atoms with Crippen molar-refractivity contribution in [2.24, 2.45) is 0 Å². The fourth-order valence-corrected chi connectivity index (χ4v) is 3.68. The van der Waals surface area contributed by atoms with Gasteiger partial charge in [0.1, 0.15) is 5.82 Å². The van der Waals surface area contributed by atoms with Crippen molar-refractivity contribution < 1.29 is 4.79 Å². The van der Waals surface area contributed by atoms with Gasteiger partial charge in [-0.25, -0.2) is 9.97 Å². The van der Waals surface area contributed by atoms with Gasteiger partial charge in [0.05, 0.1) is 17.1 Å². The Kier molecular flexibility index (Phi) is 4.90. The Hall–Kier alpha value is -3.09. The molecule has 3 heterocycles. The smallest absolute Gasteiger partial charge is 0.253 e. The minimum absolute atomic E-state index is 0.0514. The molecule has 0 saturated carbocycles. The minimum Gasteiger partial charge on any atom is -0.338 e. The number of rotatable bonds is 3. The molecular weight excluding hydrogens is 352 g/mol. The average Bonchev–Trinajstić information content (AvgIpc) is 3.16. The van der Waals surface area contributed by atoms with Gasteiger partial charge in [0.15, 0.2) is 5.82 Å². The second-order valence-corrected chi connectivity index (χ2v) is 7.39. The Bertz CT molecular complexity index is 994. The number of hydrogen-bond acceptors (Lipinski definition) is 5. The van der Waals surface area contributed by atoms with Crippen LogP contribution in [0.1, 0.15) is 52.2 Å². The second kappa shape index (κ2) is 7.50. The van der Waals surface area contributed by atoms with E-state index in [1.54, 1.807) is 6.20 Å². The first kappa shape index (κ1) is 18.3. The van der Waals surface area contributed by atoms with Crippen LogP contribution >= 0.6 is 0 Å². The summed E-state index contributed by atoms with van der Waals surface area (Å²) in [7, 11) is 0. The molecule has 1 aliphatic heterocycles. The first-order valence-electron chi connectivity index (χ1n) is 9.60. The minimum atomic E-state index is 0.0514. The molecule has 0 radical (unpaired) electrons. The van der Waals surface area contributed by atoms with Crippen molar-refractivity contribution in [3.05, 3.63) is 59.1 Å². The molecule has 0 spiro atoms. The van der Waals surface area contributed by atoms with Crippen molar-refractivity contribution in [1.29, 1.82) is 0 Å². The molecule has 3 aromatic rings. The first-order chi connectivity index (χ1) is 13.5. The van der Waals surface area contributed by atoms with Crippen LogP contribution in [-0.4, -0.2) is 49.0 Å². The lowest BCUT2D eigenvalue weighted by molar-refractivity contribution is 0.0704. The van der Waals surface area contributed by atoms with Gasteiger partial charge in [0.2, 0.25) is 0 Å². The molecule has 1 fully saturated rings. The number of hydrogen-bond donors (Lipinski definition) is 1. The van der Waals surface area contributed by atoms with Crippen LogP contribution in [0.5, 0.6) is 0 Å². The van der Waals surface area contributed by atoms with E-state index in [0.717, 1.165) is 53.7 Å². The fraction of sp³-hybridized carbons (Fsp3) is 0.381. The highest BCUT2D eigenvalue weighted by Crippen LogP contribution is 2.26. The Balaban J connectivity index is 1.51. The van der Waals surface area contributed by atoms with Gasteiger partial charge in [0.25, 0.3) is 5.91 Å². The Morgan fingerprint density at radius 2 is 1.93 bits per heavy atom. The number of amides is 1. The van der Waals surface area contributed by atoms with Gasteiger partial charge in [-0.2, -0.15) is 5.10 Å². The zero-order chi connectivity index (χ0) is 19.7. The third kappa shape index (κ3) is 3.65. The number of carbonyl (C=O) groups excluding carboxylic acids is 1. The number of aromatic amines is 1. The fourth-order valence-electron chi connectivity index (χ4n) is 3.68. The molecule has 2 aromatic heterocycles. The van der Waals surface area contributed by atoms with Crippen LogP contribution in [0.15, 0.2) is 30.5 Å². The lowest BCUT2D eigenvalue weighted by Crippen LogP contribution is -2.39. The summed E-state index contributed by atoms with van der Waals surface area (Å²) in [5.41, 5.74) is 4.27. The molecule has 1 aromatic carbocycles. The highest BCUT2D eigenvalue weighted by atomic mass is 16.2. The van der Waals surface area contributed by atoms with Crippen LogP contribution in [0.3, 0.4) is 0 Å². The van der Waals surface area contributed by atoms with Gasteiger partial charge in [-0.3, -0.25) is 14.9 Å². The average molecular weight is 376 g/mol. The summed E-state index contributed by atoms with van der Waals surface area (Å²) in [5, 5.41) is 7.18. The van der Waals surface area contributed by atoms with E-state index in [1.165, 1.54) is 0 Å². The standard InChI is InChI=1S/C21H24N6O/c1-13-11-22-14(2)19(23-13)16-6-8-17(9-7-16)21(28)27-10-4-5-18(12-27)20-24-15(3)25-26-20/h6-9,11,18H,4-5,10,12H2,1-3H3,(H,24,25,26)/t18-/m1/s1. The predicted octanol–water partition coefficient (Wildman–Crippen LogP) is 3.21. The molecule has 1 saturated heterocycles. The van der Waals surface area contributed by atoms with Crippen LogP contribution in [0, 0.1) is 20.8 Å². The molecule has 0 unspecified atom stereocenters. The predicted molar refractivity (Wildman–Crippen MR) is 106 cm³/mol. The summed E-state index contributed by atoms with van der Waals surface area (Å²) in [4.78, 5) is 28.3. The SMILES string of the molecule is Cc1cnc(C)c(-c2ccc(C(=O)N3CCC[C@@H](c4n[nH]c(C)n4)C3)cc2)n1. The van der Waals surface area contributed by atoms with Crippen LogP contribution in [0.2, 0.25) is 0 Å². The number of aromatic nitrogens is 5. The van der Waals surface area contributed by atoms with Crippen LogP contribution in [0.4, 0.5) is 0 Å². The second-order valence-electron chi connectivity index (χ2n) is 7.39. The van der Waals surface area contributed by atoms with Gasteiger partial charge in [0, 0.05) is 36.3 Å². The van der Waals surface area contributed by atoms with E-state index in [-0.39, 0.29) is 11.8 Å². The Labute approximate surface area is 164 Å². The summed E-state index contributed by atoms with van der Waals surface area (Å²) < 4.78 is 0. The summed E-state index contributed by atoms with van der Waals surface area (Å²) in [5.74, 6) is 1.85. The molecule has 144 valence electrons. The molecule has 1 N–H and O–H groups in total. The summed E-state index contributed by atoms with van der Waals surface area (Å²) >= 11 is 0. The Morgan fingerprint density at radius 1 is 1.14 bits per heavy atom. The van der Waals surface area contributed by atoms with Crippen molar-refractivity contribution in [3.8, 4) is 11.3 Å². The summed E-state index contributed by atoms with van der Waals surface area (Å²) in [6.07, 6.45) is 3.73. The van der Waals surface area contributed by atoms with Crippen LogP contribution < -0.4 is 0 Å². The van der Waals surface area contributed by atoms with Crippen molar-refractivity contribution in [3.63, 3.8) is 0 Å². The molecule has 1 amide bonds. The highest BCUT2D eigenvalue weighted by molar-refractivity contribution is 5.94. The van der Waals surface area contributed by atoms with E-state index in [9.17, 15) is 4.79 Å². The zero-order valence-electron chi connectivity index (χ0n) is 16.4. The molecule has 1 atom stereocenters. The number of likely N-dealkylation sites (tertiary alicyclic amines) is 1. The third-order valence-electron chi connectivity index (χ3n) is 5.17. The number of nitrogens with zero attached hydrogens (tertiary/aromatic N) is 5. The van der Waals surface area contributed by atoms with Crippen molar-refractivity contribution in [2.45, 2.75) is 39.5 Å². The van der Waals surface area contributed by atoms with E-state index in [2.05, 4.69) is 25.1 Å². The lowest BCUT2D eigenvalue weighted by Gasteiger charge is -2.31. The number of aryl methyl sites for hydroxylation is 3. The zero-order valence-corrected chi connectivity index (χ0v) is 16.4. The van der Waals surface area contributed by atoms with E-state index in [0.29, 0.717) is 12.1 Å². The molecule has 7 heteroatoms. The van der Waals surface area contributed by atoms with Gasteiger partial charge < -0.3 is 4.90 Å². The van der Waals surface area contributed by atoms with Crippen molar-refractivity contribution in [2.75, 3.05) is 13.1 Å². The topological polar surface area (TPSA) is 87.7 Å². The van der Waals surface area contributed by atoms with E-state index in [1.807, 2.05) is 49.9 Å². The first-order valence-corrected chi connectivity index (χ1v) is 9.60. The monoisotopic (exact) mass is 376 g/mol. The van der Waals surface area contributed by atoms with E-state index < -0.39 is 0 Å². The maximum atomic E-state index is 13.0. The molecule has 28 heavy (non-hydrogen) atoms. The quantitative estimate of drug-likeness (QED) is 0.758. The summed E-state index contributed by atoms with van der Waals surface area (Å²) in [6, 6.07) is 7.65. The van der Waals surface area contributed by atoms with Crippen LogP contribution in [-0.2, 0) is 0 Å². The lowest BCUT2D eigenvalue weighted by atomic mass is 9.96. The normalized spacial score (nSPS) is 17.0. The van der Waals surface area contributed by atoms with Crippen LogP contribution in [0.25, 0.3) is 11.3 Å². The number of carbonyl (C=O) groups is 1. The number of nitrogens with one attached hydrogen (secondary N) is 1. The molecule has 7 nitrogen and oxygen atoms in total. The molecule has 0 aliphatic carbocycles. The number of benzene rings is 1. The van der Waals surface area contributed by atoms with E-state index >= 15 is 0 Å². The maximum Gasteiger partial charge on any atom is 0.253 e. The highest BCUT2D eigenvalue weighted by Gasteiger charge is 2.27. The maximum absolute atomic E-state index is 13.0. The molecule has 4 rings (SSSR count). The molecule has 1 aliphatic rings. The van der Waals surface area contributed by atoms with Crippen molar-refractivity contribution >= 4 is 5.91 Å². The molecular formula is C21H24N6O. The largest absolute Gasteiger partial charge is 0.338 e. The summed E-state index contributed by atoms with van der Waals surface area (Å²) in [6.45, 7) is 7.18. The number of H-pyrrole nitrogens is 1. The van der Waals surface area contributed by atoms with E-state index in [4.69, 9.17) is 0 Å². The van der Waals surface area contributed by atoms with Gasteiger partial charge in [-0.05, 0) is 45.7 Å². The van der Waals surface area contributed by atoms with Gasteiger partial charge in [-0.15, -0.1) is 0 Å². The number of piperidine rings is 1. The van der Waals surface area contributed by atoms with Gasteiger partial charge in [-0.1, -0.05) is 12.1 Å². The van der Waals surface area contributed by atoms with Crippen molar-refractivity contribution in [1.82, 2.24) is 30.0 Å².